The maximum Gasteiger partial charge on any atom is 0.168 e. The van der Waals surface area contributed by atoms with Crippen LogP contribution in [0.1, 0.15) is 38.5 Å². The van der Waals surface area contributed by atoms with Gasteiger partial charge in [-0.25, -0.2) is 0 Å². The first-order chi connectivity index (χ1) is 6.26. The molecule has 1 atom stereocenters. The molecule has 0 N–H and O–H groups in total. The molecule has 0 aromatic heterocycles. The van der Waals surface area contributed by atoms with Gasteiger partial charge in [0.1, 0.15) is 5.78 Å². The average Bonchev–Trinajstić information content (AvgIpc) is 2.15. The molecule has 13 heavy (non-hydrogen) atoms. The van der Waals surface area contributed by atoms with Crippen molar-refractivity contribution in [2.75, 3.05) is 0 Å². The third-order valence-electron chi connectivity index (χ3n) is 3.27. The molecular weight excluding hydrogens is 164 g/mol. The topological polar surface area (TPSA) is 34.1 Å². The van der Waals surface area contributed by atoms with Gasteiger partial charge in [-0.1, -0.05) is 12.5 Å². The van der Waals surface area contributed by atoms with Crippen LogP contribution in [-0.2, 0) is 9.59 Å². The first-order valence-electron chi connectivity index (χ1n) is 5.00. The van der Waals surface area contributed by atoms with E-state index in [0.29, 0.717) is 6.42 Å². The van der Waals surface area contributed by atoms with Gasteiger partial charge in [-0.3, -0.25) is 9.59 Å². The minimum atomic E-state index is -0.590. The normalized spacial score (nSPS) is 34.2. The van der Waals surface area contributed by atoms with Gasteiger partial charge in [-0.05, 0) is 31.8 Å². The van der Waals surface area contributed by atoms with Crippen LogP contribution in [0.25, 0.3) is 0 Å². The lowest BCUT2D eigenvalue weighted by Crippen LogP contribution is -2.42. The molecule has 0 amide bonds. The minimum absolute atomic E-state index is 0.0588. The number of hydrogen-bond acceptors (Lipinski definition) is 2. The molecule has 2 aliphatic rings. The largest absolute Gasteiger partial charge is 0.299 e. The van der Waals surface area contributed by atoms with Gasteiger partial charge >= 0.3 is 0 Å². The molecule has 70 valence electrons. The average molecular weight is 178 g/mol. The Hall–Kier alpha value is -0.920. The Kier molecular flexibility index (Phi) is 2.06. The highest BCUT2D eigenvalue weighted by molar-refractivity contribution is 6.12. The molecule has 2 heteroatoms. The smallest absolute Gasteiger partial charge is 0.168 e. The third kappa shape index (κ3) is 1.25. The van der Waals surface area contributed by atoms with Crippen LogP contribution in [0.5, 0.6) is 0 Å². The Morgan fingerprint density at radius 3 is 2.69 bits per heavy atom. The fourth-order valence-electron chi connectivity index (χ4n) is 2.42. The van der Waals surface area contributed by atoms with E-state index in [0.717, 1.165) is 32.1 Å². The molecule has 0 aromatic carbocycles. The Morgan fingerprint density at radius 2 is 2.00 bits per heavy atom. The van der Waals surface area contributed by atoms with Gasteiger partial charge in [0, 0.05) is 6.42 Å². The summed E-state index contributed by atoms with van der Waals surface area (Å²) in [6.45, 7) is 0. The SMILES string of the molecule is O=C1C=CCC[C@@]12CCCCC2=O. The van der Waals surface area contributed by atoms with Crippen molar-refractivity contribution in [1.82, 2.24) is 0 Å². The van der Waals surface area contributed by atoms with Crippen molar-refractivity contribution in [1.29, 1.82) is 0 Å². The summed E-state index contributed by atoms with van der Waals surface area (Å²) >= 11 is 0. The molecule has 0 heterocycles. The minimum Gasteiger partial charge on any atom is -0.299 e. The summed E-state index contributed by atoms with van der Waals surface area (Å²) in [5.41, 5.74) is -0.590. The van der Waals surface area contributed by atoms with E-state index in [1.165, 1.54) is 0 Å². The van der Waals surface area contributed by atoms with Gasteiger partial charge in [0.2, 0.25) is 0 Å². The summed E-state index contributed by atoms with van der Waals surface area (Å²) < 4.78 is 0. The molecule has 0 bridgehead atoms. The van der Waals surface area contributed by atoms with Crippen LogP contribution < -0.4 is 0 Å². The predicted octanol–water partition coefficient (Wildman–Crippen LogP) is 2.04. The van der Waals surface area contributed by atoms with Crippen molar-refractivity contribution < 1.29 is 9.59 Å². The van der Waals surface area contributed by atoms with Crippen molar-refractivity contribution in [3.05, 3.63) is 12.2 Å². The van der Waals surface area contributed by atoms with Crippen molar-refractivity contribution in [2.45, 2.75) is 38.5 Å². The van der Waals surface area contributed by atoms with Crippen molar-refractivity contribution >= 4 is 11.6 Å². The molecule has 0 radical (unpaired) electrons. The van der Waals surface area contributed by atoms with E-state index in [9.17, 15) is 9.59 Å². The highest BCUT2D eigenvalue weighted by Crippen LogP contribution is 2.40. The molecular formula is C11H14O2. The first-order valence-corrected chi connectivity index (χ1v) is 5.00. The van der Waals surface area contributed by atoms with E-state index in [1.54, 1.807) is 6.08 Å². The maximum absolute atomic E-state index is 11.7. The van der Waals surface area contributed by atoms with Crippen LogP contribution in [0.2, 0.25) is 0 Å². The van der Waals surface area contributed by atoms with E-state index in [-0.39, 0.29) is 11.6 Å². The number of allylic oxidation sites excluding steroid dienone is 2. The van der Waals surface area contributed by atoms with Gasteiger partial charge in [-0.2, -0.15) is 0 Å². The molecule has 0 unspecified atom stereocenters. The number of Topliss-reactive ketones (excluding diaryl/α,β-unsaturated/α-hetero) is 1. The number of carbonyl (C=O) groups is 2. The fraction of sp³-hybridized carbons (Fsp3) is 0.636. The number of carbonyl (C=O) groups excluding carboxylic acids is 2. The zero-order chi connectivity index (χ0) is 9.31. The first kappa shape index (κ1) is 8.67. The van der Waals surface area contributed by atoms with E-state index in [4.69, 9.17) is 0 Å². The van der Waals surface area contributed by atoms with Gasteiger partial charge in [-0.15, -0.1) is 0 Å². The second-order valence-corrected chi connectivity index (χ2v) is 4.02. The molecule has 0 saturated heterocycles. The summed E-state index contributed by atoms with van der Waals surface area (Å²) in [6.07, 6.45) is 8.53. The van der Waals surface area contributed by atoms with Crippen LogP contribution in [0, 0.1) is 5.41 Å². The molecule has 2 rings (SSSR count). The van der Waals surface area contributed by atoms with Crippen molar-refractivity contribution in [3.63, 3.8) is 0 Å². The Balaban J connectivity index is 2.31. The lowest BCUT2D eigenvalue weighted by molar-refractivity contribution is -0.141. The monoisotopic (exact) mass is 178 g/mol. The van der Waals surface area contributed by atoms with Crippen molar-refractivity contribution in [2.24, 2.45) is 5.41 Å². The standard InChI is InChI=1S/C11H14O2/c12-9-5-1-3-7-11(9)8-4-2-6-10(11)13/h1,5H,2-4,6-8H2/t11-/m1/s1. The van der Waals surface area contributed by atoms with E-state index in [1.807, 2.05) is 6.08 Å². The number of hydrogen-bond donors (Lipinski definition) is 0. The summed E-state index contributed by atoms with van der Waals surface area (Å²) in [5, 5.41) is 0. The molecule has 1 saturated carbocycles. The molecule has 0 aromatic rings. The second kappa shape index (κ2) is 3.09. The van der Waals surface area contributed by atoms with E-state index < -0.39 is 5.41 Å². The summed E-state index contributed by atoms with van der Waals surface area (Å²) in [5.74, 6) is 0.247. The van der Waals surface area contributed by atoms with Gasteiger partial charge < -0.3 is 0 Å². The fourth-order valence-corrected chi connectivity index (χ4v) is 2.42. The van der Waals surface area contributed by atoms with Crippen LogP contribution >= 0.6 is 0 Å². The highest BCUT2D eigenvalue weighted by Gasteiger charge is 2.45. The van der Waals surface area contributed by atoms with Crippen molar-refractivity contribution in [3.8, 4) is 0 Å². The van der Waals surface area contributed by atoms with Crippen LogP contribution in [0.4, 0.5) is 0 Å². The summed E-state index contributed by atoms with van der Waals surface area (Å²) in [6, 6.07) is 0. The quantitative estimate of drug-likeness (QED) is 0.532. The Labute approximate surface area is 78.0 Å². The molecule has 0 aliphatic heterocycles. The number of rotatable bonds is 0. The number of ketones is 2. The van der Waals surface area contributed by atoms with Gasteiger partial charge in [0.15, 0.2) is 5.78 Å². The molecule has 2 nitrogen and oxygen atoms in total. The highest BCUT2D eigenvalue weighted by atomic mass is 16.2. The van der Waals surface area contributed by atoms with Gasteiger partial charge in [0.05, 0.1) is 5.41 Å². The van der Waals surface area contributed by atoms with E-state index in [2.05, 4.69) is 0 Å². The zero-order valence-corrected chi connectivity index (χ0v) is 7.71. The van der Waals surface area contributed by atoms with E-state index >= 15 is 0 Å². The summed E-state index contributed by atoms with van der Waals surface area (Å²) in [7, 11) is 0. The molecule has 1 fully saturated rings. The van der Waals surface area contributed by atoms with Crippen LogP contribution in [-0.4, -0.2) is 11.6 Å². The Bertz CT molecular complexity index is 278. The lowest BCUT2D eigenvalue weighted by Gasteiger charge is -2.34. The van der Waals surface area contributed by atoms with Crippen LogP contribution in [0.3, 0.4) is 0 Å². The van der Waals surface area contributed by atoms with Gasteiger partial charge in [0.25, 0.3) is 0 Å². The zero-order valence-electron chi connectivity index (χ0n) is 7.71. The third-order valence-corrected chi connectivity index (χ3v) is 3.27. The second-order valence-electron chi connectivity index (χ2n) is 4.02. The van der Waals surface area contributed by atoms with Crippen LogP contribution in [0.15, 0.2) is 12.2 Å². The molecule has 2 aliphatic carbocycles. The summed E-state index contributed by atoms with van der Waals surface area (Å²) in [4.78, 5) is 23.4. The maximum atomic E-state index is 11.7. The lowest BCUT2D eigenvalue weighted by atomic mass is 9.66. The molecule has 1 spiro atoms. The Morgan fingerprint density at radius 1 is 1.15 bits per heavy atom. The predicted molar refractivity (Wildman–Crippen MR) is 49.3 cm³/mol.